The Morgan fingerprint density at radius 2 is 1.87 bits per heavy atom. The lowest BCUT2D eigenvalue weighted by Gasteiger charge is -2.39. The maximum Gasteiger partial charge on any atom is 0.328 e. The summed E-state index contributed by atoms with van der Waals surface area (Å²) in [7, 11) is 0. The van der Waals surface area contributed by atoms with Crippen molar-refractivity contribution in [1.82, 2.24) is 0 Å². The molecule has 0 saturated carbocycles. The van der Waals surface area contributed by atoms with Crippen LogP contribution < -0.4 is 4.74 Å². The molecule has 0 aliphatic carbocycles. The maximum absolute atomic E-state index is 10.6. The predicted octanol–water partition coefficient (Wildman–Crippen LogP) is -1.04. The molecule has 5 N–H and O–H groups in total. The molecule has 5 atom stereocenters. The van der Waals surface area contributed by atoms with Crippen LogP contribution >= 0.6 is 0 Å². The highest BCUT2D eigenvalue weighted by Crippen LogP contribution is 2.27. The molecule has 1 saturated heterocycles. The fourth-order valence-electron chi connectivity index (χ4n) is 2.18. The third-order valence-electron chi connectivity index (χ3n) is 3.42. The Balaban J connectivity index is 2.19. The van der Waals surface area contributed by atoms with Crippen molar-refractivity contribution >= 4 is 12.0 Å². The molecule has 0 aromatic heterocycles. The molecule has 8 heteroatoms. The normalized spacial score (nSPS) is 31.2. The van der Waals surface area contributed by atoms with Crippen LogP contribution in [0.1, 0.15) is 5.56 Å². The quantitative estimate of drug-likeness (QED) is 0.433. The third-order valence-corrected chi connectivity index (χ3v) is 3.42. The lowest BCUT2D eigenvalue weighted by atomic mass is 9.99. The Bertz CT molecular complexity index is 570. The lowest BCUT2D eigenvalue weighted by Crippen LogP contribution is -2.60. The number of benzene rings is 1. The molecule has 5 unspecified atom stereocenters. The van der Waals surface area contributed by atoms with Crippen molar-refractivity contribution in [2.75, 3.05) is 6.61 Å². The highest BCUT2D eigenvalue weighted by atomic mass is 16.7. The van der Waals surface area contributed by atoms with Crippen molar-refractivity contribution in [2.45, 2.75) is 30.7 Å². The van der Waals surface area contributed by atoms with Crippen LogP contribution in [0.4, 0.5) is 0 Å². The van der Waals surface area contributed by atoms with Crippen LogP contribution in [0.5, 0.6) is 5.75 Å². The smallest absolute Gasteiger partial charge is 0.328 e. The summed E-state index contributed by atoms with van der Waals surface area (Å²) >= 11 is 0. The van der Waals surface area contributed by atoms with Crippen LogP contribution in [-0.4, -0.2) is 68.8 Å². The number of aliphatic hydroxyl groups excluding tert-OH is 4. The van der Waals surface area contributed by atoms with Crippen molar-refractivity contribution in [3.05, 3.63) is 35.9 Å². The van der Waals surface area contributed by atoms with E-state index in [1.165, 1.54) is 12.1 Å². The van der Waals surface area contributed by atoms with Crippen LogP contribution in [0, 0.1) is 0 Å². The second-order valence-corrected chi connectivity index (χ2v) is 5.02. The Hall–Kier alpha value is -1.97. The van der Waals surface area contributed by atoms with E-state index in [-0.39, 0.29) is 5.75 Å². The topological polar surface area (TPSA) is 137 Å². The summed E-state index contributed by atoms with van der Waals surface area (Å²) in [5.74, 6) is -0.915. The van der Waals surface area contributed by atoms with Gasteiger partial charge >= 0.3 is 5.97 Å². The summed E-state index contributed by atoms with van der Waals surface area (Å²) in [6, 6.07) is 6.43. The monoisotopic (exact) mass is 326 g/mol. The second kappa shape index (κ2) is 7.53. The van der Waals surface area contributed by atoms with Gasteiger partial charge in [0, 0.05) is 11.6 Å². The van der Waals surface area contributed by atoms with E-state index in [2.05, 4.69) is 0 Å². The maximum atomic E-state index is 10.6. The number of aliphatic hydroxyl groups is 4. The largest absolute Gasteiger partial charge is 0.478 e. The van der Waals surface area contributed by atoms with Crippen molar-refractivity contribution in [3.8, 4) is 5.75 Å². The zero-order valence-corrected chi connectivity index (χ0v) is 12.0. The molecular formula is C15H18O8. The van der Waals surface area contributed by atoms with E-state index in [1.807, 2.05) is 0 Å². The lowest BCUT2D eigenvalue weighted by molar-refractivity contribution is -0.277. The first-order chi connectivity index (χ1) is 10.9. The number of carbonyl (C=O) groups is 1. The predicted molar refractivity (Wildman–Crippen MR) is 77.5 cm³/mol. The number of rotatable bonds is 5. The van der Waals surface area contributed by atoms with Gasteiger partial charge in [-0.05, 0) is 12.1 Å². The molecule has 0 radical (unpaired) electrons. The van der Waals surface area contributed by atoms with Gasteiger partial charge in [-0.15, -0.1) is 0 Å². The summed E-state index contributed by atoms with van der Waals surface area (Å²) in [5.41, 5.74) is 0.423. The van der Waals surface area contributed by atoms with Crippen LogP contribution in [0.3, 0.4) is 0 Å². The molecule has 2 rings (SSSR count). The van der Waals surface area contributed by atoms with Gasteiger partial charge in [-0.3, -0.25) is 0 Å². The Morgan fingerprint density at radius 3 is 2.52 bits per heavy atom. The van der Waals surface area contributed by atoms with Gasteiger partial charge in [-0.25, -0.2) is 4.79 Å². The van der Waals surface area contributed by atoms with Gasteiger partial charge in [0.25, 0.3) is 0 Å². The fraction of sp³-hybridized carbons (Fsp3) is 0.400. The molecule has 1 aliphatic heterocycles. The van der Waals surface area contributed by atoms with Gasteiger partial charge in [-0.2, -0.15) is 0 Å². The van der Waals surface area contributed by atoms with E-state index in [4.69, 9.17) is 19.7 Å². The summed E-state index contributed by atoms with van der Waals surface area (Å²) < 4.78 is 10.7. The minimum Gasteiger partial charge on any atom is -0.478 e. The molecule has 1 aliphatic rings. The number of ether oxygens (including phenoxy) is 2. The molecule has 23 heavy (non-hydrogen) atoms. The molecule has 1 aromatic carbocycles. The van der Waals surface area contributed by atoms with Gasteiger partial charge in [-0.1, -0.05) is 18.2 Å². The Labute approximate surface area is 131 Å². The van der Waals surface area contributed by atoms with Crippen LogP contribution in [-0.2, 0) is 9.53 Å². The van der Waals surface area contributed by atoms with Gasteiger partial charge in [0.05, 0.1) is 6.61 Å². The van der Waals surface area contributed by atoms with Crippen molar-refractivity contribution in [3.63, 3.8) is 0 Å². The number of carboxylic acid groups (broad SMARTS) is 1. The van der Waals surface area contributed by atoms with E-state index in [9.17, 15) is 20.1 Å². The zero-order valence-electron chi connectivity index (χ0n) is 12.0. The third kappa shape index (κ3) is 4.06. The molecule has 1 fully saturated rings. The SMILES string of the molecule is O=C(O)/C=C/c1ccccc1OC1OC(CO)C(O)C(O)C1O. The number of para-hydroxylation sites is 1. The van der Waals surface area contributed by atoms with E-state index in [0.717, 1.165) is 6.08 Å². The number of carboxylic acids is 1. The summed E-state index contributed by atoms with van der Waals surface area (Å²) in [6.45, 7) is -0.564. The van der Waals surface area contributed by atoms with Crippen molar-refractivity contribution in [2.24, 2.45) is 0 Å². The zero-order chi connectivity index (χ0) is 17.0. The van der Waals surface area contributed by atoms with Gasteiger partial charge < -0.3 is 35.0 Å². The van der Waals surface area contributed by atoms with E-state index < -0.39 is 43.3 Å². The molecular weight excluding hydrogens is 308 g/mol. The van der Waals surface area contributed by atoms with Crippen molar-refractivity contribution in [1.29, 1.82) is 0 Å². The Morgan fingerprint density at radius 1 is 1.17 bits per heavy atom. The summed E-state index contributed by atoms with van der Waals surface area (Å²) in [4.78, 5) is 10.6. The first kappa shape index (κ1) is 17.4. The molecule has 0 spiro atoms. The fourth-order valence-corrected chi connectivity index (χ4v) is 2.18. The van der Waals surface area contributed by atoms with Gasteiger partial charge in [0.15, 0.2) is 0 Å². The Kier molecular flexibility index (Phi) is 5.69. The summed E-state index contributed by atoms with van der Waals surface area (Å²) in [6.07, 6.45) is -4.74. The summed E-state index contributed by atoms with van der Waals surface area (Å²) in [5, 5.41) is 47.2. The highest BCUT2D eigenvalue weighted by Gasteiger charge is 2.44. The average molecular weight is 326 g/mol. The molecule has 8 nitrogen and oxygen atoms in total. The van der Waals surface area contributed by atoms with E-state index in [1.54, 1.807) is 18.2 Å². The minimum absolute atomic E-state index is 0.217. The molecule has 0 bridgehead atoms. The van der Waals surface area contributed by atoms with Crippen LogP contribution in [0.2, 0.25) is 0 Å². The standard InChI is InChI=1S/C15H18O8/c16-7-10-12(19)13(20)14(21)15(23-10)22-9-4-2-1-3-8(9)5-6-11(17)18/h1-6,10,12-16,19-21H,7H2,(H,17,18)/b6-5+. The average Bonchev–Trinajstić information content (AvgIpc) is 2.54. The highest BCUT2D eigenvalue weighted by molar-refractivity contribution is 5.85. The van der Waals surface area contributed by atoms with E-state index in [0.29, 0.717) is 5.56 Å². The second-order valence-electron chi connectivity index (χ2n) is 5.02. The van der Waals surface area contributed by atoms with E-state index >= 15 is 0 Å². The van der Waals surface area contributed by atoms with Crippen LogP contribution in [0.15, 0.2) is 30.3 Å². The first-order valence-corrected chi connectivity index (χ1v) is 6.91. The van der Waals surface area contributed by atoms with Crippen LogP contribution in [0.25, 0.3) is 6.08 Å². The number of hydrogen-bond acceptors (Lipinski definition) is 7. The molecule has 1 aromatic rings. The molecule has 126 valence electrons. The van der Waals surface area contributed by atoms with Gasteiger partial charge in [0.1, 0.15) is 30.2 Å². The van der Waals surface area contributed by atoms with Crippen molar-refractivity contribution < 1.29 is 39.8 Å². The first-order valence-electron chi connectivity index (χ1n) is 6.91. The minimum atomic E-state index is -1.55. The molecule has 1 heterocycles. The molecule has 0 amide bonds. The number of hydrogen-bond donors (Lipinski definition) is 5. The number of aliphatic carboxylic acids is 1. The van der Waals surface area contributed by atoms with Gasteiger partial charge in [0.2, 0.25) is 6.29 Å².